The van der Waals surface area contributed by atoms with Crippen LogP contribution in [0.5, 0.6) is 0 Å². The first-order chi connectivity index (χ1) is 16.8. The van der Waals surface area contributed by atoms with E-state index in [0.29, 0.717) is 25.3 Å². The number of amides is 3. The second-order valence-electron chi connectivity index (χ2n) is 8.60. The molecule has 1 aromatic carbocycles. The van der Waals surface area contributed by atoms with E-state index in [9.17, 15) is 18.8 Å². The first-order valence-electron chi connectivity index (χ1n) is 11.6. The van der Waals surface area contributed by atoms with Crippen LogP contribution >= 0.6 is 0 Å². The molecular weight excluding hydrogens is 455 g/mol. The molecule has 186 valence electrons. The van der Waals surface area contributed by atoms with Crippen molar-refractivity contribution in [2.45, 2.75) is 25.9 Å². The summed E-state index contributed by atoms with van der Waals surface area (Å²) in [4.78, 5) is 43.8. The van der Waals surface area contributed by atoms with Gasteiger partial charge in [0.2, 0.25) is 0 Å². The highest BCUT2D eigenvalue weighted by atomic mass is 19.1. The summed E-state index contributed by atoms with van der Waals surface area (Å²) < 4.78 is 25.3. The molecule has 2 aromatic rings. The number of hydrogen-bond acceptors (Lipinski definition) is 6. The highest BCUT2D eigenvalue weighted by Crippen LogP contribution is 2.33. The van der Waals surface area contributed by atoms with Crippen LogP contribution in [0.2, 0.25) is 0 Å². The normalized spacial score (nSPS) is 21.2. The number of benzene rings is 1. The Hall–Kier alpha value is -3.66. The fourth-order valence-corrected chi connectivity index (χ4v) is 4.57. The van der Waals surface area contributed by atoms with Crippen LogP contribution in [0, 0.1) is 5.82 Å². The molecule has 9 nitrogen and oxygen atoms in total. The average molecular weight is 485 g/mol. The van der Waals surface area contributed by atoms with E-state index in [1.807, 2.05) is 6.92 Å². The summed E-state index contributed by atoms with van der Waals surface area (Å²) in [7, 11) is 1.57. The molecule has 3 amide bonds. The molecule has 1 aromatic heterocycles. The molecule has 4 rings (SSSR count). The number of urea groups is 1. The first-order valence-corrected chi connectivity index (χ1v) is 11.6. The van der Waals surface area contributed by atoms with Gasteiger partial charge in [-0.3, -0.25) is 14.6 Å². The van der Waals surface area contributed by atoms with Gasteiger partial charge in [-0.2, -0.15) is 0 Å². The molecule has 0 radical (unpaired) electrons. The van der Waals surface area contributed by atoms with Gasteiger partial charge in [0.25, 0.3) is 5.91 Å². The van der Waals surface area contributed by atoms with Gasteiger partial charge in [-0.1, -0.05) is 18.2 Å². The van der Waals surface area contributed by atoms with Crippen molar-refractivity contribution in [3.63, 3.8) is 0 Å². The number of furan rings is 1. The number of hydrogen-bond donors (Lipinski definition) is 1. The number of nitrogens with one attached hydrogen (secondary N) is 1. The van der Waals surface area contributed by atoms with Gasteiger partial charge in [-0.25, -0.2) is 14.0 Å². The largest absolute Gasteiger partial charge is 0.463 e. The number of carbonyl (C=O) groups excluding carboxylic acids is 3. The second kappa shape index (κ2) is 10.3. The lowest BCUT2D eigenvalue weighted by Crippen LogP contribution is -2.56. The van der Waals surface area contributed by atoms with Gasteiger partial charge >= 0.3 is 12.0 Å². The van der Waals surface area contributed by atoms with Gasteiger partial charge in [-0.05, 0) is 32.0 Å². The lowest BCUT2D eigenvalue weighted by molar-refractivity contribution is -0.139. The average Bonchev–Trinajstić information content (AvgIpc) is 3.37. The zero-order valence-corrected chi connectivity index (χ0v) is 20.0. The van der Waals surface area contributed by atoms with Gasteiger partial charge < -0.3 is 19.4 Å². The van der Waals surface area contributed by atoms with Crippen LogP contribution in [-0.2, 0) is 9.53 Å². The van der Waals surface area contributed by atoms with Crippen molar-refractivity contribution in [1.82, 2.24) is 20.0 Å². The molecule has 1 saturated heterocycles. The number of rotatable bonds is 6. The van der Waals surface area contributed by atoms with Crippen LogP contribution in [0.25, 0.3) is 0 Å². The Bertz CT molecular complexity index is 1130. The van der Waals surface area contributed by atoms with Crippen LogP contribution in [-0.4, -0.2) is 78.5 Å². The molecule has 0 unspecified atom stereocenters. The molecule has 0 spiro atoms. The third kappa shape index (κ3) is 4.93. The minimum atomic E-state index is -0.979. The Morgan fingerprint density at radius 2 is 1.97 bits per heavy atom. The van der Waals surface area contributed by atoms with Crippen molar-refractivity contribution >= 4 is 17.9 Å². The van der Waals surface area contributed by atoms with E-state index in [1.165, 1.54) is 17.2 Å². The van der Waals surface area contributed by atoms with Crippen molar-refractivity contribution in [1.29, 1.82) is 0 Å². The van der Waals surface area contributed by atoms with Crippen molar-refractivity contribution in [3.8, 4) is 0 Å². The molecular formula is C25H29FN4O5. The number of nitrogens with zero attached hydrogens (tertiary/aromatic N) is 3. The smallest absolute Gasteiger partial charge is 0.338 e. The Kier molecular flexibility index (Phi) is 7.20. The van der Waals surface area contributed by atoms with Gasteiger partial charge in [0.1, 0.15) is 5.82 Å². The van der Waals surface area contributed by atoms with Crippen molar-refractivity contribution in [2.24, 2.45) is 0 Å². The maximum absolute atomic E-state index is 14.7. The Labute approximate surface area is 203 Å². The summed E-state index contributed by atoms with van der Waals surface area (Å²) in [5.74, 6) is -1.03. The number of ether oxygens (including phenoxy) is 1. The molecule has 1 fully saturated rings. The third-order valence-corrected chi connectivity index (χ3v) is 6.37. The van der Waals surface area contributed by atoms with E-state index >= 15 is 0 Å². The van der Waals surface area contributed by atoms with Gasteiger partial charge in [0.05, 0.1) is 24.5 Å². The zero-order valence-electron chi connectivity index (χ0n) is 20.0. The third-order valence-electron chi connectivity index (χ3n) is 6.37. The Morgan fingerprint density at radius 3 is 2.63 bits per heavy atom. The minimum Gasteiger partial charge on any atom is -0.463 e. The Morgan fingerprint density at radius 1 is 1.20 bits per heavy atom. The highest BCUT2D eigenvalue weighted by molar-refractivity contribution is 5.95. The predicted molar refractivity (Wildman–Crippen MR) is 125 cm³/mol. The summed E-state index contributed by atoms with van der Waals surface area (Å²) in [5, 5.41) is 2.73. The SMILES string of the molecule is CCOC(=O)C1=C(CN2CCN(C(=O)c3ccco3)[C@@H](C)C2)N(C)C(=O)N[C@@H]1c1ccccc1F. The van der Waals surface area contributed by atoms with E-state index in [2.05, 4.69) is 10.2 Å². The molecule has 2 atom stereocenters. The van der Waals surface area contributed by atoms with Gasteiger partial charge in [0, 0.05) is 50.5 Å². The van der Waals surface area contributed by atoms with Crippen LogP contribution in [0.3, 0.4) is 0 Å². The predicted octanol–water partition coefficient (Wildman–Crippen LogP) is 2.78. The molecule has 35 heavy (non-hydrogen) atoms. The Balaban J connectivity index is 1.62. The van der Waals surface area contributed by atoms with E-state index in [4.69, 9.17) is 9.15 Å². The summed E-state index contributed by atoms with van der Waals surface area (Å²) in [5.41, 5.74) is 0.830. The number of likely N-dealkylation sites (N-methyl/N-ethyl adjacent to an activating group) is 1. The highest BCUT2D eigenvalue weighted by Gasteiger charge is 2.39. The van der Waals surface area contributed by atoms with E-state index in [-0.39, 0.29) is 42.0 Å². The maximum Gasteiger partial charge on any atom is 0.338 e. The lowest BCUT2D eigenvalue weighted by Gasteiger charge is -2.42. The first kappa shape index (κ1) is 24.5. The van der Waals surface area contributed by atoms with Crippen LogP contribution in [0.1, 0.15) is 36.0 Å². The summed E-state index contributed by atoms with van der Waals surface area (Å²) in [6, 6.07) is 7.80. The van der Waals surface area contributed by atoms with E-state index in [1.54, 1.807) is 49.2 Å². The van der Waals surface area contributed by atoms with E-state index in [0.717, 1.165) is 0 Å². The quantitative estimate of drug-likeness (QED) is 0.634. The van der Waals surface area contributed by atoms with Crippen molar-refractivity contribution in [2.75, 3.05) is 39.8 Å². The van der Waals surface area contributed by atoms with Crippen LogP contribution < -0.4 is 5.32 Å². The van der Waals surface area contributed by atoms with Crippen LogP contribution in [0.4, 0.5) is 9.18 Å². The molecule has 0 saturated carbocycles. The molecule has 0 bridgehead atoms. The molecule has 3 heterocycles. The lowest BCUT2D eigenvalue weighted by atomic mass is 9.93. The maximum atomic E-state index is 14.7. The molecule has 1 N–H and O–H groups in total. The van der Waals surface area contributed by atoms with E-state index < -0.39 is 23.9 Å². The second-order valence-corrected chi connectivity index (χ2v) is 8.60. The fourth-order valence-electron chi connectivity index (χ4n) is 4.57. The topological polar surface area (TPSA) is 95.3 Å². The summed E-state index contributed by atoms with van der Waals surface area (Å²) in [6.45, 7) is 5.53. The van der Waals surface area contributed by atoms with Crippen molar-refractivity contribution in [3.05, 3.63) is 71.1 Å². The summed E-state index contributed by atoms with van der Waals surface area (Å²) >= 11 is 0. The zero-order chi connectivity index (χ0) is 25.1. The number of esters is 1. The van der Waals surface area contributed by atoms with Gasteiger partial charge in [0.15, 0.2) is 5.76 Å². The summed E-state index contributed by atoms with van der Waals surface area (Å²) in [6.07, 6.45) is 1.47. The molecule has 2 aliphatic heterocycles. The van der Waals surface area contributed by atoms with Crippen molar-refractivity contribution < 1.29 is 27.9 Å². The molecule has 0 aliphatic carbocycles. The van der Waals surface area contributed by atoms with Crippen LogP contribution in [0.15, 0.2) is 58.3 Å². The standard InChI is InChI=1S/C25H29FN4O5/c1-4-34-24(32)21-19(28(3)25(33)27-22(21)17-8-5-6-9-18(17)26)15-29-11-12-30(16(2)14-29)23(31)20-10-7-13-35-20/h5-10,13,16,22H,4,11-12,14-15H2,1-3H3,(H,27,33)/t16-,22+/m0/s1. The fraction of sp³-hybridized carbons (Fsp3) is 0.400. The molecule has 10 heteroatoms. The number of piperazine rings is 1. The number of carbonyl (C=O) groups is 3. The van der Waals surface area contributed by atoms with Gasteiger partial charge in [-0.15, -0.1) is 0 Å². The monoisotopic (exact) mass is 484 g/mol. The number of halogens is 1. The minimum absolute atomic E-state index is 0.127. The molecule has 2 aliphatic rings.